The number of hydrogen-bond acceptors (Lipinski definition) is 4. The molecule has 19 heavy (non-hydrogen) atoms. The zero-order chi connectivity index (χ0) is 14.7. The summed E-state index contributed by atoms with van der Waals surface area (Å²) < 4.78 is 10.1. The molecule has 0 rings (SSSR count). The lowest BCUT2D eigenvalue weighted by Gasteiger charge is -2.25. The molecule has 0 aliphatic carbocycles. The van der Waals surface area contributed by atoms with Crippen molar-refractivity contribution in [3.63, 3.8) is 0 Å². The van der Waals surface area contributed by atoms with Gasteiger partial charge in [0.1, 0.15) is 0 Å². The molecule has 0 aromatic heterocycles. The van der Waals surface area contributed by atoms with Crippen LogP contribution in [0, 0.1) is 0 Å². The zero-order valence-electron chi connectivity index (χ0n) is 12.3. The molecule has 110 valence electrons. The van der Waals surface area contributed by atoms with Crippen molar-refractivity contribution < 1.29 is 18.8 Å². The number of carbonyl (C=O) groups is 2. The Labute approximate surface area is 115 Å². The normalized spacial score (nSPS) is 11.6. The zero-order valence-corrected chi connectivity index (χ0v) is 13.3. The maximum atomic E-state index is 11.5. The average Bonchev–Trinajstić information content (AvgIpc) is 2.43. The van der Waals surface area contributed by atoms with Gasteiger partial charge >= 0.3 is 12.2 Å². The molecule has 0 aromatic rings. The lowest BCUT2D eigenvalue weighted by molar-refractivity contribution is 0.152. The first kappa shape index (κ1) is 17.8. The molecule has 7 heteroatoms. The van der Waals surface area contributed by atoms with E-state index in [1.54, 1.807) is 0 Å². The van der Waals surface area contributed by atoms with E-state index in [9.17, 15) is 9.59 Å². The summed E-state index contributed by atoms with van der Waals surface area (Å²) in [7, 11) is -2.04. The molecular formula is C12H24N2O4Si. The topological polar surface area (TPSA) is 77.3 Å². The third-order valence-corrected chi connectivity index (χ3v) is 7.65. The molecule has 0 unspecified atom stereocenters. The van der Waals surface area contributed by atoms with Crippen LogP contribution < -0.4 is 0 Å². The number of ether oxygens (including phenoxy) is 1. The van der Waals surface area contributed by atoms with Crippen LogP contribution in [0.4, 0.5) is 9.59 Å². The summed E-state index contributed by atoms with van der Waals surface area (Å²) in [5.74, 6) is 0. The van der Waals surface area contributed by atoms with E-state index in [1.165, 1.54) is 0 Å². The van der Waals surface area contributed by atoms with Crippen molar-refractivity contribution in [1.82, 2.24) is 0 Å². The minimum atomic E-state index is -2.04. The smallest absolute Gasteiger partial charge is 0.452 e. The van der Waals surface area contributed by atoms with E-state index in [-0.39, 0.29) is 0 Å². The van der Waals surface area contributed by atoms with E-state index in [2.05, 4.69) is 10.2 Å². The predicted octanol–water partition coefficient (Wildman–Crippen LogP) is 4.52. The molecule has 0 bridgehead atoms. The van der Waals surface area contributed by atoms with Crippen LogP contribution in [0.15, 0.2) is 10.2 Å². The van der Waals surface area contributed by atoms with E-state index in [4.69, 9.17) is 9.16 Å². The SMILES string of the molecule is CCCCOC(=O)/N=N/C(=O)O[Si](CC)(CC)CC. The Hall–Kier alpha value is -1.24. The number of amides is 2. The van der Waals surface area contributed by atoms with Crippen LogP contribution >= 0.6 is 0 Å². The summed E-state index contributed by atoms with van der Waals surface area (Å²) in [5, 5.41) is 6.45. The fraction of sp³-hybridized carbons (Fsp3) is 0.833. The Balaban J connectivity index is 4.25. The minimum Gasteiger partial charge on any atom is -0.501 e. The fourth-order valence-electron chi connectivity index (χ4n) is 1.59. The minimum absolute atomic E-state index is 0.293. The molecule has 0 fully saturated rings. The highest BCUT2D eigenvalue weighted by Gasteiger charge is 2.32. The lowest BCUT2D eigenvalue weighted by Crippen LogP contribution is -2.37. The summed E-state index contributed by atoms with van der Waals surface area (Å²) in [6.07, 6.45) is 0.0552. The Morgan fingerprint density at radius 1 is 0.947 bits per heavy atom. The standard InChI is InChI=1S/C12H24N2O4Si/c1-5-9-10-17-11(15)13-14-12(16)18-19(6-2,7-3)8-4/h5-10H2,1-4H3/b14-13+. The van der Waals surface area contributed by atoms with Gasteiger partial charge in [0.2, 0.25) is 0 Å². The summed E-state index contributed by atoms with van der Waals surface area (Å²) in [4.78, 5) is 22.6. The van der Waals surface area contributed by atoms with Gasteiger partial charge in [-0.1, -0.05) is 44.3 Å². The number of azo groups is 1. The van der Waals surface area contributed by atoms with Gasteiger partial charge in [-0.2, -0.15) is 0 Å². The molecule has 0 N–H and O–H groups in total. The molecule has 0 spiro atoms. The van der Waals surface area contributed by atoms with Gasteiger partial charge in [0.15, 0.2) is 0 Å². The Kier molecular flexibility index (Phi) is 9.02. The van der Waals surface area contributed by atoms with Gasteiger partial charge in [-0.25, -0.2) is 9.59 Å². The van der Waals surface area contributed by atoms with Gasteiger partial charge in [-0.3, -0.25) is 0 Å². The molecule has 2 amide bonds. The molecule has 0 aromatic carbocycles. The van der Waals surface area contributed by atoms with Crippen LogP contribution in [0.25, 0.3) is 0 Å². The number of hydrogen-bond donors (Lipinski definition) is 0. The number of carbonyl (C=O) groups excluding carboxylic acids is 2. The van der Waals surface area contributed by atoms with Gasteiger partial charge in [0.25, 0.3) is 8.32 Å². The first-order valence-electron chi connectivity index (χ1n) is 6.85. The molecule has 6 nitrogen and oxygen atoms in total. The van der Waals surface area contributed by atoms with Crippen LogP contribution in [-0.2, 0) is 9.16 Å². The van der Waals surface area contributed by atoms with E-state index in [1.807, 2.05) is 27.7 Å². The van der Waals surface area contributed by atoms with Crippen molar-refractivity contribution >= 4 is 20.5 Å². The highest BCUT2D eigenvalue weighted by molar-refractivity contribution is 6.74. The van der Waals surface area contributed by atoms with Crippen LogP contribution in [0.5, 0.6) is 0 Å². The molecule has 0 aliphatic heterocycles. The van der Waals surface area contributed by atoms with Gasteiger partial charge < -0.3 is 9.16 Å². The van der Waals surface area contributed by atoms with Crippen molar-refractivity contribution in [3.05, 3.63) is 0 Å². The molecule has 0 radical (unpaired) electrons. The van der Waals surface area contributed by atoms with E-state index in [0.29, 0.717) is 6.61 Å². The third kappa shape index (κ3) is 7.05. The van der Waals surface area contributed by atoms with Crippen LogP contribution in [0.3, 0.4) is 0 Å². The molecule has 0 atom stereocenters. The molecule has 0 saturated heterocycles. The predicted molar refractivity (Wildman–Crippen MR) is 74.8 cm³/mol. The van der Waals surface area contributed by atoms with Crippen molar-refractivity contribution in [3.8, 4) is 0 Å². The molecule has 0 aliphatic rings. The summed E-state index contributed by atoms with van der Waals surface area (Å²) in [5.41, 5.74) is 0. The second-order valence-corrected chi connectivity index (χ2v) is 8.97. The second-order valence-electron chi connectivity index (χ2n) is 4.28. The summed E-state index contributed by atoms with van der Waals surface area (Å²) in [6.45, 7) is 8.28. The summed E-state index contributed by atoms with van der Waals surface area (Å²) in [6, 6.07) is 2.51. The van der Waals surface area contributed by atoms with Gasteiger partial charge in [-0.15, -0.1) is 0 Å². The number of nitrogens with zero attached hydrogens (tertiary/aromatic N) is 2. The largest absolute Gasteiger partial charge is 0.501 e. The maximum Gasteiger partial charge on any atom is 0.452 e. The first-order valence-corrected chi connectivity index (χ1v) is 9.38. The van der Waals surface area contributed by atoms with Crippen molar-refractivity contribution in [2.24, 2.45) is 10.2 Å². The highest BCUT2D eigenvalue weighted by Crippen LogP contribution is 2.22. The fourth-order valence-corrected chi connectivity index (χ4v) is 3.93. The molecule has 0 saturated carbocycles. The summed E-state index contributed by atoms with van der Waals surface area (Å²) >= 11 is 0. The van der Waals surface area contributed by atoms with Crippen molar-refractivity contribution in [2.75, 3.05) is 6.61 Å². The number of rotatable bonds is 7. The van der Waals surface area contributed by atoms with E-state index < -0.39 is 20.5 Å². The Morgan fingerprint density at radius 3 is 1.95 bits per heavy atom. The molecular weight excluding hydrogens is 264 g/mol. The average molecular weight is 288 g/mol. The van der Waals surface area contributed by atoms with Gasteiger partial charge in [-0.05, 0) is 24.6 Å². The van der Waals surface area contributed by atoms with E-state index in [0.717, 1.165) is 31.0 Å². The van der Waals surface area contributed by atoms with E-state index >= 15 is 0 Å². The van der Waals surface area contributed by atoms with Crippen molar-refractivity contribution in [2.45, 2.75) is 58.7 Å². The van der Waals surface area contributed by atoms with Crippen LogP contribution in [-0.4, -0.2) is 27.1 Å². The van der Waals surface area contributed by atoms with Crippen LogP contribution in [0.1, 0.15) is 40.5 Å². The quantitative estimate of drug-likeness (QED) is 0.392. The Morgan fingerprint density at radius 2 is 1.47 bits per heavy atom. The van der Waals surface area contributed by atoms with Gasteiger partial charge in [0, 0.05) is 0 Å². The third-order valence-electron chi connectivity index (χ3n) is 3.17. The second kappa shape index (κ2) is 9.66. The highest BCUT2D eigenvalue weighted by atomic mass is 28.4. The monoisotopic (exact) mass is 288 g/mol. The maximum absolute atomic E-state index is 11.5. The van der Waals surface area contributed by atoms with Crippen LogP contribution in [0.2, 0.25) is 18.1 Å². The number of unbranched alkanes of at least 4 members (excludes halogenated alkanes) is 1. The lowest BCUT2D eigenvalue weighted by atomic mass is 10.4. The first-order chi connectivity index (χ1) is 9.03. The van der Waals surface area contributed by atoms with Crippen molar-refractivity contribution in [1.29, 1.82) is 0 Å². The Bertz CT molecular complexity index is 309. The van der Waals surface area contributed by atoms with Gasteiger partial charge in [0.05, 0.1) is 6.61 Å². The molecule has 0 heterocycles.